The predicted octanol–water partition coefficient (Wildman–Crippen LogP) is 2.52. The van der Waals surface area contributed by atoms with Gasteiger partial charge in [-0.3, -0.25) is 0 Å². The van der Waals surface area contributed by atoms with Gasteiger partial charge in [0.25, 0.3) is 0 Å². The van der Waals surface area contributed by atoms with Crippen molar-refractivity contribution in [1.29, 1.82) is 0 Å². The molecule has 62 valence electrons. The van der Waals surface area contributed by atoms with Crippen LogP contribution in [-0.2, 0) is 4.74 Å². The third kappa shape index (κ3) is 1.12. The molecule has 1 atom stereocenters. The van der Waals surface area contributed by atoms with Gasteiger partial charge in [0.2, 0.25) is 0 Å². The minimum atomic E-state index is 0.470. The Morgan fingerprint density at radius 2 is 2.36 bits per heavy atom. The molecule has 0 aromatic heterocycles. The molecule has 0 aromatic rings. The van der Waals surface area contributed by atoms with E-state index >= 15 is 0 Å². The average Bonchev–Trinajstić information content (AvgIpc) is 2.46. The second-order valence-corrected chi connectivity index (χ2v) is 3.86. The average molecular weight is 152 g/mol. The van der Waals surface area contributed by atoms with Gasteiger partial charge in [0.15, 0.2) is 0 Å². The predicted molar refractivity (Wildman–Crippen MR) is 45.5 cm³/mol. The summed E-state index contributed by atoms with van der Waals surface area (Å²) in [6.07, 6.45) is 7.66. The van der Waals surface area contributed by atoms with E-state index in [1.165, 1.54) is 25.7 Å². The highest BCUT2D eigenvalue weighted by molar-refractivity contribution is 5.16. The van der Waals surface area contributed by atoms with Crippen LogP contribution in [0, 0.1) is 5.41 Å². The van der Waals surface area contributed by atoms with Crippen LogP contribution < -0.4 is 0 Å². The first kappa shape index (κ1) is 7.35. The lowest BCUT2D eigenvalue weighted by molar-refractivity contribution is 0.158. The highest BCUT2D eigenvalue weighted by Crippen LogP contribution is 2.43. The van der Waals surface area contributed by atoms with Gasteiger partial charge in [0.1, 0.15) is 0 Å². The maximum atomic E-state index is 5.47. The van der Waals surface area contributed by atoms with Gasteiger partial charge < -0.3 is 4.74 Å². The zero-order chi connectivity index (χ0) is 7.73. The summed E-state index contributed by atoms with van der Waals surface area (Å²) in [5.74, 6) is 0. The number of allylic oxidation sites excluding steroid dienone is 1. The Balaban J connectivity index is 2.21. The Morgan fingerprint density at radius 3 is 3.00 bits per heavy atom. The van der Waals surface area contributed by atoms with E-state index in [1.54, 1.807) is 5.57 Å². The van der Waals surface area contributed by atoms with Gasteiger partial charge in [-0.2, -0.15) is 0 Å². The Hall–Kier alpha value is -0.300. The van der Waals surface area contributed by atoms with Gasteiger partial charge in [0, 0.05) is 12.0 Å². The quantitative estimate of drug-likeness (QED) is 0.485. The van der Waals surface area contributed by atoms with Gasteiger partial charge >= 0.3 is 0 Å². The number of rotatable bonds is 0. The first-order valence-electron chi connectivity index (χ1n) is 4.58. The standard InChI is InChI=1S/C10H16O/c1-9-4-2-3-5-10(9)6-7-11-8-10/h4H,2-3,5-8H2,1H3. The van der Waals surface area contributed by atoms with Crippen LogP contribution in [0.25, 0.3) is 0 Å². The minimum absolute atomic E-state index is 0.470. The molecule has 2 rings (SSSR count). The Bertz CT molecular complexity index is 175. The molecule has 1 aliphatic carbocycles. The van der Waals surface area contributed by atoms with Crippen molar-refractivity contribution in [2.45, 2.75) is 32.6 Å². The molecule has 1 unspecified atom stereocenters. The summed E-state index contributed by atoms with van der Waals surface area (Å²) in [6.45, 7) is 4.23. The molecule has 1 spiro atoms. The summed E-state index contributed by atoms with van der Waals surface area (Å²) < 4.78 is 5.47. The van der Waals surface area contributed by atoms with Crippen LogP contribution in [0.4, 0.5) is 0 Å². The Morgan fingerprint density at radius 1 is 1.45 bits per heavy atom. The molecule has 2 aliphatic rings. The summed E-state index contributed by atoms with van der Waals surface area (Å²) in [5.41, 5.74) is 2.05. The van der Waals surface area contributed by atoms with E-state index in [0.717, 1.165) is 13.2 Å². The zero-order valence-electron chi connectivity index (χ0n) is 7.23. The molecule has 1 heteroatoms. The molecule has 1 saturated heterocycles. The topological polar surface area (TPSA) is 9.23 Å². The molecule has 0 bridgehead atoms. The van der Waals surface area contributed by atoms with E-state index < -0.39 is 0 Å². The van der Waals surface area contributed by atoms with E-state index in [9.17, 15) is 0 Å². The second kappa shape index (κ2) is 2.63. The minimum Gasteiger partial charge on any atom is -0.381 e. The molecule has 0 radical (unpaired) electrons. The SMILES string of the molecule is CC1=CCCCC12CCOC2. The fraction of sp³-hybridized carbons (Fsp3) is 0.800. The van der Waals surface area contributed by atoms with Crippen LogP contribution in [0.2, 0.25) is 0 Å². The molecular weight excluding hydrogens is 136 g/mol. The van der Waals surface area contributed by atoms with E-state index in [2.05, 4.69) is 13.0 Å². The van der Waals surface area contributed by atoms with Crippen molar-refractivity contribution in [2.75, 3.05) is 13.2 Å². The van der Waals surface area contributed by atoms with Gasteiger partial charge in [-0.05, 0) is 32.6 Å². The van der Waals surface area contributed by atoms with Crippen LogP contribution in [-0.4, -0.2) is 13.2 Å². The van der Waals surface area contributed by atoms with Crippen molar-refractivity contribution in [3.05, 3.63) is 11.6 Å². The monoisotopic (exact) mass is 152 g/mol. The Labute approximate surface area is 68.4 Å². The second-order valence-electron chi connectivity index (χ2n) is 3.86. The molecule has 0 N–H and O–H groups in total. The number of hydrogen-bond donors (Lipinski definition) is 0. The first-order chi connectivity index (χ1) is 5.33. The third-order valence-electron chi connectivity index (χ3n) is 3.25. The number of hydrogen-bond acceptors (Lipinski definition) is 1. The molecule has 11 heavy (non-hydrogen) atoms. The maximum absolute atomic E-state index is 5.47. The van der Waals surface area contributed by atoms with E-state index in [4.69, 9.17) is 4.74 Å². The molecule has 1 aliphatic heterocycles. The molecule has 1 nitrogen and oxygen atoms in total. The summed E-state index contributed by atoms with van der Waals surface area (Å²) in [5, 5.41) is 0. The Kier molecular flexibility index (Phi) is 1.76. The van der Waals surface area contributed by atoms with Crippen molar-refractivity contribution in [1.82, 2.24) is 0 Å². The maximum Gasteiger partial charge on any atom is 0.0560 e. The summed E-state index contributed by atoms with van der Waals surface area (Å²) in [4.78, 5) is 0. The zero-order valence-corrected chi connectivity index (χ0v) is 7.23. The highest BCUT2D eigenvalue weighted by atomic mass is 16.5. The lowest BCUT2D eigenvalue weighted by Crippen LogP contribution is -2.24. The smallest absolute Gasteiger partial charge is 0.0560 e. The fourth-order valence-electron chi connectivity index (χ4n) is 2.29. The van der Waals surface area contributed by atoms with Gasteiger partial charge in [-0.25, -0.2) is 0 Å². The van der Waals surface area contributed by atoms with Crippen molar-refractivity contribution in [2.24, 2.45) is 5.41 Å². The van der Waals surface area contributed by atoms with E-state index in [-0.39, 0.29) is 0 Å². The lowest BCUT2D eigenvalue weighted by atomic mass is 9.73. The summed E-state index contributed by atoms with van der Waals surface area (Å²) in [6, 6.07) is 0. The molecule has 0 amide bonds. The molecule has 1 heterocycles. The lowest BCUT2D eigenvalue weighted by Gasteiger charge is -2.31. The first-order valence-corrected chi connectivity index (χ1v) is 4.58. The van der Waals surface area contributed by atoms with Gasteiger partial charge in [0.05, 0.1) is 6.61 Å². The normalized spacial score (nSPS) is 37.7. The van der Waals surface area contributed by atoms with Crippen molar-refractivity contribution >= 4 is 0 Å². The summed E-state index contributed by atoms with van der Waals surface area (Å²) >= 11 is 0. The third-order valence-corrected chi connectivity index (χ3v) is 3.25. The van der Waals surface area contributed by atoms with E-state index in [0.29, 0.717) is 5.41 Å². The fourth-order valence-corrected chi connectivity index (χ4v) is 2.29. The summed E-state index contributed by atoms with van der Waals surface area (Å²) in [7, 11) is 0. The van der Waals surface area contributed by atoms with Gasteiger partial charge in [-0.1, -0.05) is 11.6 Å². The van der Waals surface area contributed by atoms with Crippen LogP contribution in [0.3, 0.4) is 0 Å². The van der Waals surface area contributed by atoms with Gasteiger partial charge in [-0.15, -0.1) is 0 Å². The van der Waals surface area contributed by atoms with Crippen LogP contribution in [0.5, 0.6) is 0 Å². The molecular formula is C10H16O. The van der Waals surface area contributed by atoms with Crippen molar-refractivity contribution < 1.29 is 4.74 Å². The molecule has 1 fully saturated rings. The largest absolute Gasteiger partial charge is 0.381 e. The molecule has 0 saturated carbocycles. The van der Waals surface area contributed by atoms with Crippen LogP contribution in [0.1, 0.15) is 32.6 Å². The van der Waals surface area contributed by atoms with Crippen molar-refractivity contribution in [3.63, 3.8) is 0 Å². The molecule has 0 aromatic carbocycles. The van der Waals surface area contributed by atoms with Crippen LogP contribution in [0.15, 0.2) is 11.6 Å². The highest BCUT2D eigenvalue weighted by Gasteiger charge is 2.37. The number of ether oxygens (including phenoxy) is 1. The van der Waals surface area contributed by atoms with Crippen LogP contribution >= 0.6 is 0 Å². The van der Waals surface area contributed by atoms with Crippen molar-refractivity contribution in [3.8, 4) is 0 Å². The van der Waals surface area contributed by atoms with E-state index in [1.807, 2.05) is 0 Å².